The summed E-state index contributed by atoms with van der Waals surface area (Å²) in [6.07, 6.45) is 0. The van der Waals surface area contributed by atoms with Crippen molar-refractivity contribution < 1.29 is 4.79 Å². The normalized spacial score (nSPS) is 13.8. The molecule has 2 aromatic heterocycles. The fraction of sp³-hybridized carbons (Fsp3) is 0.154. The second-order valence-corrected chi connectivity index (χ2v) is 8.55. The first kappa shape index (κ1) is 20.3. The van der Waals surface area contributed by atoms with Crippen molar-refractivity contribution in [2.45, 2.75) is 6.54 Å². The molecule has 34 heavy (non-hydrogen) atoms. The number of hydrogen-bond donors (Lipinski definition) is 3. The predicted octanol–water partition coefficient (Wildman–Crippen LogP) is 3.41. The van der Waals surface area contributed by atoms with Crippen molar-refractivity contribution in [3.63, 3.8) is 0 Å². The van der Waals surface area contributed by atoms with Crippen LogP contribution in [-0.2, 0) is 6.54 Å². The number of para-hydroxylation sites is 1. The molecular weight excluding hydrogens is 428 g/mol. The summed E-state index contributed by atoms with van der Waals surface area (Å²) in [6.45, 7) is 2.73. The van der Waals surface area contributed by atoms with Crippen LogP contribution in [0.1, 0.15) is 10.5 Å². The Balaban J connectivity index is 1.27. The van der Waals surface area contributed by atoms with Gasteiger partial charge in [-0.3, -0.25) is 14.3 Å². The van der Waals surface area contributed by atoms with E-state index in [1.165, 1.54) is 0 Å². The van der Waals surface area contributed by atoms with E-state index in [2.05, 4.69) is 25.9 Å². The van der Waals surface area contributed by atoms with Gasteiger partial charge in [0.05, 0.1) is 16.6 Å². The van der Waals surface area contributed by atoms with Gasteiger partial charge in [-0.05, 0) is 24.3 Å². The number of nitrogens with one attached hydrogen (secondary N) is 3. The molecule has 8 nitrogen and oxygen atoms in total. The summed E-state index contributed by atoms with van der Waals surface area (Å²) in [6, 6.07) is 22.6. The van der Waals surface area contributed by atoms with E-state index in [4.69, 9.17) is 0 Å². The van der Waals surface area contributed by atoms with Crippen LogP contribution in [0.4, 0.5) is 5.69 Å². The molecule has 0 radical (unpaired) electrons. The third-order valence-corrected chi connectivity index (χ3v) is 6.28. The first-order valence-corrected chi connectivity index (χ1v) is 11.2. The zero-order valence-electron chi connectivity index (χ0n) is 18.3. The molecule has 1 amide bonds. The molecule has 3 aromatic carbocycles. The molecule has 0 unspecified atom stereocenters. The first-order chi connectivity index (χ1) is 16.7. The van der Waals surface area contributed by atoms with Gasteiger partial charge in [0.1, 0.15) is 0 Å². The summed E-state index contributed by atoms with van der Waals surface area (Å²) in [5, 5.41) is 19.9. The third kappa shape index (κ3) is 3.54. The number of fused-ring (bicyclic) bond motifs is 2. The maximum absolute atomic E-state index is 13.1. The molecule has 0 aliphatic carbocycles. The minimum Gasteiger partial charge on any atom is -0.321 e. The Kier molecular flexibility index (Phi) is 4.92. The molecule has 168 valence electrons. The Morgan fingerprint density at radius 2 is 1.65 bits per heavy atom. The number of nitrogens with zero attached hydrogens (tertiary/aromatic N) is 3. The monoisotopic (exact) mass is 450 g/mol. The van der Waals surface area contributed by atoms with Gasteiger partial charge in [0.25, 0.3) is 11.5 Å². The van der Waals surface area contributed by atoms with Crippen LogP contribution in [0.25, 0.3) is 32.9 Å². The second kappa shape index (κ2) is 8.24. The van der Waals surface area contributed by atoms with Crippen molar-refractivity contribution in [1.82, 2.24) is 25.3 Å². The summed E-state index contributed by atoms with van der Waals surface area (Å²) >= 11 is 0. The van der Waals surface area contributed by atoms with E-state index >= 15 is 0 Å². The van der Waals surface area contributed by atoms with Gasteiger partial charge in [0.2, 0.25) is 0 Å². The van der Waals surface area contributed by atoms with Crippen molar-refractivity contribution in [3.05, 3.63) is 88.8 Å². The van der Waals surface area contributed by atoms with Gasteiger partial charge < -0.3 is 10.6 Å². The first-order valence-electron chi connectivity index (χ1n) is 11.2. The van der Waals surface area contributed by atoms with Crippen LogP contribution in [0.15, 0.2) is 77.6 Å². The maximum Gasteiger partial charge on any atom is 0.276 e. The van der Waals surface area contributed by atoms with Crippen LogP contribution in [0.5, 0.6) is 0 Å². The van der Waals surface area contributed by atoms with Crippen molar-refractivity contribution in [2.24, 2.45) is 5.92 Å². The Labute approximate surface area is 194 Å². The standard InChI is InChI=1S/C26H22N6O2/c33-25-20-6-2-1-5-19(20)23(29-30-25)17-9-11-18(12-10-17)28-26(34)24-21-7-3-4-8-22(21)32(31-24)15-16-13-27-14-16/h1-12,16,27H,13-15H2,(H,28,34)(H,30,33). The van der Waals surface area contributed by atoms with Gasteiger partial charge in [-0.15, -0.1) is 0 Å². The predicted molar refractivity (Wildman–Crippen MR) is 132 cm³/mol. The molecule has 3 N–H and O–H groups in total. The third-order valence-electron chi connectivity index (χ3n) is 6.28. The lowest BCUT2D eigenvalue weighted by Crippen LogP contribution is -2.44. The number of carbonyl (C=O) groups excluding carboxylic acids is 1. The highest BCUT2D eigenvalue weighted by Gasteiger charge is 2.22. The molecule has 0 atom stereocenters. The molecule has 1 aliphatic rings. The molecule has 6 rings (SSSR count). The van der Waals surface area contributed by atoms with E-state index in [1.54, 1.807) is 6.07 Å². The molecule has 0 bridgehead atoms. The minimum absolute atomic E-state index is 0.219. The number of anilines is 1. The van der Waals surface area contributed by atoms with Gasteiger partial charge in [0.15, 0.2) is 5.69 Å². The van der Waals surface area contributed by atoms with Crippen LogP contribution in [0.2, 0.25) is 0 Å². The van der Waals surface area contributed by atoms with E-state index in [-0.39, 0.29) is 11.5 Å². The molecule has 1 aliphatic heterocycles. The van der Waals surface area contributed by atoms with Crippen molar-refractivity contribution >= 4 is 33.3 Å². The zero-order chi connectivity index (χ0) is 23.1. The fourth-order valence-electron chi connectivity index (χ4n) is 4.39. The Morgan fingerprint density at radius 3 is 2.38 bits per heavy atom. The minimum atomic E-state index is -0.248. The number of aromatic amines is 1. The number of carbonyl (C=O) groups is 1. The number of H-pyrrole nitrogens is 1. The van der Waals surface area contributed by atoms with Gasteiger partial charge in [-0.1, -0.05) is 48.5 Å². The number of aromatic nitrogens is 4. The summed E-state index contributed by atoms with van der Waals surface area (Å²) in [5.74, 6) is 0.284. The largest absolute Gasteiger partial charge is 0.321 e. The molecular formula is C26H22N6O2. The van der Waals surface area contributed by atoms with Crippen LogP contribution in [0.3, 0.4) is 0 Å². The fourth-order valence-corrected chi connectivity index (χ4v) is 4.39. The van der Waals surface area contributed by atoms with Gasteiger partial charge in [-0.2, -0.15) is 10.2 Å². The van der Waals surface area contributed by atoms with Crippen LogP contribution < -0.4 is 16.2 Å². The Hall–Kier alpha value is -4.30. The molecule has 8 heteroatoms. The van der Waals surface area contributed by atoms with Gasteiger partial charge in [0, 0.05) is 47.6 Å². The summed E-state index contributed by atoms with van der Waals surface area (Å²) < 4.78 is 1.94. The average molecular weight is 451 g/mol. The molecule has 5 aromatic rings. The maximum atomic E-state index is 13.1. The summed E-state index contributed by atoms with van der Waals surface area (Å²) in [7, 11) is 0. The van der Waals surface area contributed by atoms with Crippen LogP contribution in [-0.4, -0.2) is 39.0 Å². The number of amides is 1. The smallest absolute Gasteiger partial charge is 0.276 e. The van der Waals surface area contributed by atoms with Crippen LogP contribution in [0, 0.1) is 5.92 Å². The SMILES string of the molecule is O=C(Nc1ccc(-c2n[nH]c(=O)c3ccccc23)cc1)c1nn(CC2CNC2)c2ccccc12. The van der Waals surface area contributed by atoms with Crippen LogP contribution >= 0.6 is 0 Å². The summed E-state index contributed by atoms with van der Waals surface area (Å²) in [5.41, 5.74) is 3.34. The van der Waals surface area contributed by atoms with Crippen molar-refractivity contribution in [1.29, 1.82) is 0 Å². The van der Waals surface area contributed by atoms with E-state index in [1.807, 2.05) is 71.4 Å². The molecule has 3 heterocycles. The van der Waals surface area contributed by atoms with Gasteiger partial charge >= 0.3 is 0 Å². The van der Waals surface area contributed by atoms with Crippen molar-refractivity contribution in [3.8, 4) is 11.3 Å². The van der Waals surface area contributed by atoms with E-state index in [9.17, 15) is 9.59 Å². The Bertz CT molecular complexity index is 1580. The lowest BCUT2D eigenvalue weighted by atomic mass is 10.0. The lowest BCUT2D eigenvalue weighted by Gasteiger charge is -2.27. The quantitative estimate of drug-likeness (QED) is 0.381. The molecule has 0 spiro atoms. The topological polar surface area (TPSA) is 105 Å². The number of rotatable bonds is 5. The van der Waals surface area contributed by atoms with E-state index < -0.39 is 0 Å². The van der Waals surface area contributed by atoms with Gasteiger partial charge in [-0.25, -0.2) is 5.10 Å². The zero-order valence-corrected chi connectivity index (χ0v) is 18.3. The number of benzene rings is 3. The van der Waals surface area contributed by atoms with E-state index in [0.717, 1.165) is 41.5 Å². The highest BCUT2D eigenvalue weighted by molar-refractivity contribution is 6.11. The Morgan fingerprint density at radius 1 is 0.941 bits per heavy atom. The molecule has 1 fully saturated rings. The average Bonchev–Trinajstić information content (AvgIpc) is 3.21. The molecule has 1 saturated heterocycles. The highest BCUT2D eigenvalue weighted by Crippen LogP contribution is 2.26. The lowest BCUT2D eigenvalue weighted by molar-refractivity contribution is 0.102. The second-order valence-electron chi connectivity index (χ2n) is 8.55. The highest BCUT2D eigenvalue weighted by atomic mass is 16.2. The number of hydrogen-bond acceptors (Lipinski definition) is 5. The van der Waals surface area contributed by atoms with E-state index in [0.29, 0.717) is 28.4 Å². The molecule has 0 saturated carbocycles. The van der Waals surface area contributed by atoms with Crippen molar-refractivity contribution in [2.75, 3.05) is 18.4 Å². The summed E-state index contributed by atoms with van der Waals surface area (Å²) in [4.78, 5) is 25.2.